The SMILES string of the molecule is COc1cc(NC(C(=O)c2c[nH]c3ccc(OC(F)(F)F)cc23)c2ccccc2OC)cc(SC)c1. The molecule has 4 aromatic rings. The molecule has 10 heteroatoms. The molecule has 0 bridgehead atoms. The highest BCUT2D eigenvalue weighted by Gasteiger charge is 2.32. The predicted molar refractivity (Wildman–Crippen MR) is 133 cm³/mol. The van der Waals surface area contributed by atoms with Gasteiger partial charge in [0.1, 0.15) is 23.3 Å². The number of anilines is 1. The molecule has 2 N–H and O–H groups in total. The molecule has 0 aliphatic rings. The number of alkyl halides is 3. The number of aromatic amines is 1. The molecule has 0 saturated carbocycles. The van der Waals surface area contributed by atoms with Crippen LogP contribution in [-0.4, -0.2) is 37.6 Å². The van der Waals surface area contributed by atoms with Gasteiger partial charge in [0.05, 0.1) is 14.2 Å². The van der Waals surface area contributed by atoms with Crippen LogP contribution in [0.4, 0.5) is 18.9 Å². The summed E-state index contributed by atoms with van der Waals surface area (Å²) >= 11 is 1.52. The maximum absolute atomic E-state index is 14.0. The van der Waals surface area contributed by atoms with Crippen LogP contribution in [0.25, 0.3) is 10.9 Å². The number of para-hydroxylation sites is 1. The highest BCUT2D eigenvalue weighted by atomic mass is 32.2. The largest absolute Gasteiger partial charge is 0.573 e. The lowest BCUT2D eigenvalue weighted by atomic mass is 9.95. The van der Waals surface area contributed by atoms with Crippen molar-refractivity contribution < 1.29 is 32.2 Å². The Morgan fingerprint density at radius 3 is 2.47 bits per heavy atom. The molecule has 0 spiro atoms. The first-order valence-electron chi connectivity index (χ1n) is 10.8. The summed E-state index contributed by atoms with van der Waals surface area (Å²) in [6, 6.07) is 15.5. The average molecular weight is 517 g/mol. The fourth-order valence-electron chi connectivity index (χ4n) is 3.90. The molecule has 36 heavy (non-hydrogen) atoms. The normalized spacial score (nSPS) is 12.3. The summed E-state index contributed by atoms with van der Waals surface area (Å²) in [5.74, 6) is 0.306. The minimum Gasteiger partial charge on any atom is -0.497 e. The predicted octanol–water partition coefficient (Wildman–Crippen LogP) is 6.84. The Morgan fingerprint density at radius 1 is 1.00 bits per heavy atom. The summed E-state index contributed by atoms with van der Waals surface area (Å²) < 4.78 is 53.4. The number of aromatic nitrogens is 1. The number of fused-ring (bicyclic) bond motifs is 1. The lowest BCUT2D eigenvalue weighted by Gasteiger charge is -2.22. The summed E-state index contributed by atoms with van der Waals surface area (Å²) in [7, 11) is 3.06. The monoisotopic (exact) mass is 516 g/mol. The first kappa shape index (κ1) is 25.3. The molecule has 1 atom stereocenters. The fraction of sp³-hybridized carbons (Fsp3) is 0.192. The minimum absolute atomic E-state index is 0.203. The first-order chi connectivity index (χ1) is 17.2. The van der Waals surface area contributed by atoms with Crippen molar-refractivity contribution in [2.45, 2.75) is 17.3 Å². The smallest absolute Gasteiger partial charge is 0.497 e. The molecule has 0 aliphatic heterocycles. The van der Waals surface area contributed by atoms with E-state index in [1.54, 1.807) is 37.4 Å². The van der Waals surface area contributed by atoms with Crippen molar-refractivity contribution in [1.82, 2.24) is 4.98 Å². The standard InChI is InChI=1S/C26H23F3N2O4S/c1-33-17-10-15(11-18(12-17)36-3)31-24(19-6-4-5-7-23(19)34-2)25(32)21-14-30-22-9-8-16(13-20(21)22)35-26(27,28)29/h4-14,24,30-31H,1-3H3. The van der Waals surface area contributed by atoms with E-state index < -0.39 is 18.2 Å². The molecular formula is C26H23F3N2O4S. The summed E-state index contributed by atoms with van der Waals surface area (Å²) in [5.41, 5.74) is 1.89. The van der Waals surface area contributed by atoms with Crippen LogP contribution < -0.4 is 19.5 Å². The zero-order valence-corrected chi connectivity index (χ0v) is 20.4. The molecule has 188 valence electrons. The van der Waals surface area contributed by atoms with E-state index >= 15 is 0 Å². The molecule has 1 heterocycles. The second-order valence-corrected chi connectivity index (χ2v) is 8.62. The zero-order chi connectivity index (χ0) is 25.9. The second kappa shape index (κ2) is 10.4. The number of carbonyl (C=O) groups is 1. The van der Waals surface area contributed by atoms with Crippen LogP contribution in [0.15, 0.2) is 71.8 Å². The molecule has 0 amide bonds. The number of hydrogen-bond donors (Lipinski definition) is 2. The number of H-pyrrole nitrogens is 1. The molecule has 0 fully saturated rings. The third kappa shape index (κ3) is 5.54. The Morgan fingerprint density at radius 2 is 1.78 bits per heavy atom. The van der Waals surface area contributed by atoms with Crippen molar-refractivity contribution in [2.24, 2.45) is 0 Å². The Kier molecular flexibility index (Phi) is 7.35. The number of ketones is 1. The van der Waals surface area contributed by atoms with Gasteiger partial charge in [0.25, 0.3) is 0 Å². The number of nitrogens with one attached hydrogen (secondary N) is 2. The van der Waals surface area contributed by atoms with Gasteiger partial charge >= 0.3 is 6.36 Å². The van der Waals surface area contributed by atoms with E-state index in [1.807, 2.05) is 18.4 Å². The van der Waals surface area contributed by atoms with Gasteiger partial charge in [0, 0.05) is 44.9 Å². The molecule has 1 unspecified atom stereocenters. The van der Waals surface area contributed by atoms with E-state index in [0.717, 1.165) is 4.90 Å². The summed E-state index contributed by atoms with van der Waals surface area (Å²) in [4.78, 5) is 17.8. The van der Waals surface area contributed by atoms with Crippen LogP contribution in [0.2, 0.25) is 0 Å². The van der Waals surface area contributed by atoms with E-state index in [-0.39, 0.29) is 11.3 Å². The molecular weight excluding hydrogens is 493 g/mol. The van der Waals surface area contributed by atoms with Crippen molar-refractivity contribution >= 4 is 34.1 Å². The Labute approximate surface area is 209 Å². The number of carbonyl (C=O) groups excluding carboxylic acids is 1. The summed E-state index contributed by atoms with van der Waals surface area (Å²) in [6.45, 7) is 0. The number of thioether (sulfide) groups is 1. The Hall–Kier alpha value is -3.79. The molecule has 4 rings (SSSR count). The van der Waals surface area contributed by atoms with Gasteiger partial charge in [-0.3, -0.25) is 4.79 Å². The average Bonchev–Trinajstić information content (AvgIpc) is 3.28. The van der Waals surface area contributed by atoms with Crippen molar-refractivity contribution in [2.75, 3.05) is 25.8 Å². The lowest BCUT2D eigenvalue weighted by Crippen LogP contribution is -2.22. The van der Waals surface area contributed by atoms with Gasteiger partial charge in [0.2, 0.25) is 0 Å². The highest BCUT2D eigenvalue weighted by molar-refractivity contribution is 7.98. The third-order valence-corrected chi connectivity index (χ3v) is 6.23. The van der Waals surface area contributed by atoms with Crippen LogP contribution in [-0.2, 0) is 0 Å². The fourth-order valence-corrected chi connectivity index (χ4v) is 4.38. The van der Waals surface area contributed by atoms with Gasteiger partial charge in [0.15, 0.2) is 5.78 Å². The number of rotatable bonds is 9. The Bertz CT molecular complexity index is 1370. The van der Waals surface area contributed by atoms with Crippen LogP contribution in [0.5, 0.6) is 17.2 Å². The van der Waals surface area contributed by atoms with Gasteiger partial charge in [-0.05, 0) is 42.7 Å². The third-order valence-electron chi connectivity index (χ3n) is 5.53. The highest BCUT2D eigenvalue weighted by Crippen LogP contribution is 2.36. The number of ether oxygens (including phenoxy) is 3. The van der Waals surface area contributed by atoms with E-state index in [4.69, 9.17) is 9.47 Å². The molecule has 0 radical (unpaired) electrons. The van der Waals surface area contributed by atoms with Crippen LogP contribution in [0.1, 0.15) is 22.0 Å². The van der Waals surface area contributed by atoms with Gasteiger partial charge in [-0.15, -0.1) is 24.9 Å². The van der Waals surface area contributed by atoms with Gasteiger partial charge in [-0.25, -0.2) is 0 Å². The van der Waals surface area contributed by atoms with Gasteiger partial charge in [-0.2, -0.15) is 0 Å². The van der Waals surface area contributed by atoms with Crippen molar-refractivity contribution in [1.29, 1.82) is 0 Å². The molecule has 0 aliphatic carbocycles. The van der Waals surface area contributed by atoms with Crippen LogP contribution >= 0.6 is 11.8 Å². The van der Waals surface area contributed by atoms with Gasteiger partial charge in [-0.1, -0.05) is 18.2 Å². The Balaban J connectivity index is 1.81. The molecule has 1 aromatic heterocycles. The maximum Gasteiger partial charge on any atom is 0.573 e. The van der Waals surface area contributed by atoms with Crippen molar-refractivity contribution in [3.05, 3.63) is 78.0 Å². The van der Waals surface area contributed by atoms with Crippen LogP contribution in [0.3, 0.4) is 0 Å². The van der Waals surface area contributed by atoms with E-state index in [0.29, 0.717) is 33.7 Å². The van der Waals surface area contributed by atoms with E-state index in [1.165, 1.54) is 43.3 Å². The first-order valence-corrected chi connectivity index (χ1v) is 12.0. The molecule has 3 aromatic carbocycles. The number of Topliss-reactive ketones (excluding diaryl/α,β-unsaturated/α-hetero) is 1. The quantitative estimate of drug-likeness (QED) is 0.187. The van der Waals surface area contributed by atoms with Crippen molar-refractivity contribution in [3.63, 3.8) is 0 Å². The number of methoxy groups -OCH3 is 2. The second-order valence-electron chi connectivity index (χ2n) is 7.74. The summed E-state index contributed by atoms with van der Waals surface area (Å²) in [6.07, 6.45) is -1.45. The number of benzene rings is 3. The van der Waals surface area contributed by atoms with Gasteiger partial charge < -0.3 is 24.5 Å². The summed E-state index contributed by atoms with van der Waals surface area (Å²) in [5, 5.41) is 3.58. The van der Waals surface area contributed by atoms with E-state index in [9.17, 15) is 18.0 Å². The van der Waals surface area contributed by atoms with Crippen LogP contribution in [0, 0.1) is 0 Å². The topological polar surface area (TPSA) is 72.6 Å². The zero-order valence-electron chi connectivity index (χ0n) is 19.6. The maximum atomic E-state index is 14.0. The molecule has 0 saturated heterocycles. The molecule has 6 nitrogen and oxygen atoms in total. The number of halogens is 3. The minimum atomic E-state index is -4.85. The number of hydrogen-bond acceptors (Lipinski definition) is 6. The van der Waals surface area contributed by atoms with E-state index in [2.05, 4.69) is 15.0 Å². The lowest BCUT2D eigenvalue weighted by molar-refractivity contribution is -0.274. The van der Waals surface area contributed by atoms with Crippen molar-refractivity contribution in [3.8, 4) is 17.2 Å².